The van der Waals surface area contributed by atoms with Gasteiger partial charge in [-0.3, -0.25) is 14.7 Å². The maximum absolute atomic E-state index is 12.5. The van der Waals surface area contributed by atoms with Gasteiger partial charge in [0.15, 0.2) is 17.2 Å². The number of aromatic amines is 1. The van der Waals surface area contributed by atoms with Crippen molar-refractivity contribution in [2.24, 2.45) is 0 Å². The SMILES string of the molecule is CCn1c(CCNC(=O)COc2ccc(C(=O)c3ccc(Cl)cc3)cc2)n[nH]c1=S. The molecule has 7 nitrogen and oxygen atoms in total. The van der Waals surface area contributed by atoms with E-state index < -0.39 is 0 Å². The summed E-state index contributed by atoms with van der Waals surface area (Å²) < 4.78 is 7.94. The van der Waals surface area contributed by atoms with Gasteiger partial charge >= 0.3 is 0 Å². The molecular weight excluding hydrogens is 424 g/mol. The molecule has 2 N–H and O–H groups in total. The minimum atomic E-state index is -0.242. The van der Waals surface area contributed by atoms with Crippen LogP contribution in [0.1, 0.15) is 28.7 Å². The highest BCUT2D eigenvalue weighted by atomic mass is 35.5. The Morgan fingerprint density at radius 1 is 1.13 bits per heavy atom. The summed E-state index contributed by atoms with van der Waals surface area (Å²) in [5.41, 5.74) is 1.08. The van der Waals surface area contributed by atoms with Crippen LogP contribution in [-0.4, -0.2) is 39.6 Å². The smallest absolute Gasteiger partial charge is 0.257 e. The van der Waals surface area contributed by atoms with Crippen LogP contribution in [0.4, 0.5) is 0 Å². The summed E-state index contributed by atoms with van der Waals surface area (Å²) in [5.74, 6) is 0.948. The molecule has 3 aromatic rings. The quantitative estimate of drug-likeness (QED) is 0.389. The van der Waals surface area contributed by atoms with Gasteiger partial charge in [0.25, 0.3) is 5.91 Å². The van der Waals surface area contributed by atoms with Gasteiger partial charge in [-0.1, -0.05) is 11.6 Å². The summed E-state index contributed by atoms with van der Waals surface area (Å²) >= 11 is 11.0. The molecule has 0 saturated heterocycles. The summed E-state index contributed by atoms with van der Waals surface area (Å²) in [6.07, 6.45) is 0.564. The van der Waals surface area contributed by atoms with E-state index in [4.69, 9.17) is 28.6 Å². The number of carbonyl (C=O) groups excluding carboxylic acids is 2. The predicted molar refractivity (Wildman–Crippen MR) is 117 cm³/mol. The molecule has 0 aliphatic heterocycles. The van der Waals surface area contributed by atoms with Crippen molar-refractivity contribution in [3.8, 4) is 5.75 Å². The zero-order valence-electron chi connectivity index (χ0n) is 16.4. The van der Waals surface area contributed by atoms with Gasteiger partial charge in [-0.15, -0.1) is 0 Å². The molecule has 156 valence electrons. The van der Waals surface area contributed by atoms with Crippen LogP contribution in [0.5, 0.6) is 5.75 Å². The molecule has 0 unspecified atom stereocenters. The van der Waals surface area contributed by atoms with Crippen molar-refractivity contribution >= 4 is 35.5 Å². The molecule has 0 aliphatic carbocycles. The topological polar surface area (TPSA) is 89.0 Å². The molecule has 1 heterocycles. The zero-order valence-corrected chi connectivity index (χ0v) is 17.9. The summed E-state index contributed by atoms with van der Waals surface area (Å²) in [4.78, 5) is 24.5. The number of benzene rings is 2. The Morgan fingerprint density at radius 2 is 1.77 bits per heavy atom. The van der Waals surface area contributed by atoms with Crippen LogP contribution in [0.25, 0.3) is 0 Å². The Morgan fingerprint density at radius 3 is 2.40 bits per heavy atom. The average molecular weight is 445 g/mol. The average Bonchev–Trinajstić information content (AvgIpc) is 3.12. The number of ether oxygens (including phenoxy) is 1. The maximum Gasteiger partial charge on any atom is 0.257 e. The second kappa shape index (κ2) is 10.2. The number of carbonyl (C=O) groups is 2. The van der Waals surface area contributed by atoms with E-state index in [0.29, 0.717) is 39.6 Å². The number of rotatable bonds is 9. The number of ketones is 1. The van der Waals surface area contributed by atoms with Crippen LogP contribution < -0.4 is 10.1 Å². The van der Waals surface area contributed by atoms with Gasteiger partial charge in [0.05, 0.1) is 0 Å². The number of halogens is 1. The Hall–Kier alpha value is -2.97. The number of nitrogens with one attached hydrogen (secondary N) is 2. The second-order valence-electron chi connectivity index (χ2n) is 6.44. The van der Waals surface area contributed by atoms with E-state index in [0.717, 1.165) is 12.4 Å². The van der Waals surface area contributed by atoms with Crippen molar-refractivity contribution in [1.82, 2.24) is 20.1 Å². The number of aromatic nitrogens is 3. The Labute approximate surface area is 184 Å². The van der Waals surface area contributed by atoms with Crippen molar-refractivity contribution < 1.29 is 14.3 Å². The highest BCUT2D eigenvalue weighted by Crippen LogP contribution is 2.17. The van der Waals surface area contributed by atoms with Gasteiger partial charge in [-0.25, -0.2) is 0 Å². The van der Waals surface area contributed by atoms with E-state index in [1.807, 2.05) is 11.5 Å². The highest BCUT2D eigenvalue weighted by Gasteiger charge is 2.10. The Bertz CT molecular complexity index is 1070. The monoisotopic (exact) mass is 444 g/mol. The number of hydrogen-bond acceptors (Lipinski definition) is 5. The molecular formula is C21H21ClN4O3S. The maximum atomic E-state index is 12.5. The normalized spacial score (nSPS) is 10.6. The molecule has 3 rings (SSSR count). The van der Waals surface area contributed by atoms with Crippen LogP contribution in [0.2, 0.25) is 5.02 Å². The summed E-state index contributed by atoms with van der Waals surface area (Å²) in [5, 5.41) is 10.3. The van der Waals surface area contributed by atoms with Gasteiger partial charge in [-0.05, 0) is 67.7 Å². The summed E-state index contributed by atoms with van der Waals surface area (Å²) in [6.45, 7) is 3.01. The fourth-order valence-corrected chi connectivity index (χ4v) is 3.26. The first-order chi connectivity index (χ1) is 14.5. The first-order valence-electron chi connectivity index (χ1n) is 9.42. The molecule has 0 atom stereocenters. The highest BCUT2D eigenvalue weighted by molar-refractivity contribution is 7.71. The number of hydrogen-bond donors (Lipinski definition) is 2. The van der Waals surface area contributed by atoms with E-state index in [9.17, 15) is 9.59 Å². The molecule has 30 heavy (non-hydrogen) atoms. The minimum Gasteiger partial charge on any atom is -0.484 e. The van der Waals surface area contributed by atoms with E-state index in [-0.39, 0.29) is 18.3 Å². The number of nitrogens with zero attached hydrogens (tertiary/aromatic N) is 2. The van der Waals surface area contributed by atoms with Gasteiger partial charge in [0.2, 0.25) is 0 Å². The molecule has 0 radical (unpaired) electrons. The lowest BCUT2D eigenvalue weighted by Gasteiger charge is -2.08. The molecule has 0 saturated carbocycles. The lowest BCUT2D eigenvalue weighted by molar-refractivity contribution is -0.123. The van der Waals surface area contributed by atoms with Crippen LogP contribution in [0.3, 0.4) is 0 Å². The minimum absolute atomic E-state index is 0.110. The molecule has 2 aromatic carbocycles. The lowest BCUT2D eigenvalue weighted by Crippen LogP contribution is -2.31. The molecule has 0 fully saturated rings. The third-order valence-electron chi connectivity index (χ3n) is 4.42. The fourth-order valence-electron chi connectivity index (χ4n) is 2.85. The van der Waals surface area contributed by atoms with Gasteiger partial charge in [0.1, 0.15) is 11.6 Å². The standard InChI is InChI=1S/C21H21ClN4O3S/c1-2-26-18(24-25-21(26)30)11-12-23-19(27)13-29-17-9-5-15(6-10-17)20(28)14-3-7-16(22)8-4-14/h3-10H,2,11-13H2,1H3,(H,23,27)(H,25,30). The number of H-pyrrole nitrogens is 1. The first-order valence-corrected chi connectivity index (χ1v) is 10.2. The molecule has 1 amide bonds. The van der Waals surface area contributed by atoms with E-state index in [1.165, 1.54) is 0 Å². The summed E-state index contributed by atoms with van der Waals surface area (Å²) in [6, 6.07) is 13.4. The van der Waals surface area contributed by atoms with Crippen molar-refractivity contribution in [1.29, 1.82) is 0 Å². The largest absolute Gasteiger partial charge is 0.484 e. The molecule has 0 aliphatic rings. The van der Waals surface area contributed by atoms with Gasteiger partial charge in [0, 0.05) is 35.7 Å². The van der Waals surface area contributed by atoms with Crippen molar-refractivity contribution in [3.63, 3.8) is 0 Å². The lowest BCUT2D eigenvalue weighted by atomic mass is 10.0. The van der Waals surface area contributed by atoms with Gasteiger partial charge in [-0.2, -0.15) is 5.10 Å². The second-order valence-corrected chi connectivity index (χ2v) is 7.26. The zero-order chi connectivity index (χ0) is 21.5. The van der Waals surface area contributed by atoms with Gasteiger partial charge < -0.3 is 14.6 Å². The van der Waals surface area contributed by atoms with E-state index in [1.54, 1.807) is 48.5 Å². The predicted octanol–water partition coefficient (Wildman–Crippen LogP) is 3.58. The number of amides is 1. The Balaban J connectivity index is 1.46. The van der Waals surface area contributed by atoms with Crippen LogP contribution in [0.15, 0.2) is 48.5 Å². The van der Waals surface area contributed by atoms with Crippen LogP contribution in [0, 0.1) is 4.77 Å². The van der Waals surface area contributed by atoms with E-state index >= 15 is 0 Å². The molecule has 0 bridgehead atoms. The third kappa shape index (κ3) is 5.55. The summed E-state index contributed by atoms with van der Waals surface area (Å²) in [7, 11) is 0. The first kappa shape index (κ1) is 21.7. The van der Waals surface area contributed by atoms with Crippen LogP contribution >= 0.6 is 23.8 Å². The fraction of sp³-hybridized carbons (Fsp3) is 0.238. The van der Waals surface area contributed by atoms with Crippen molar-refractivity contribution in [2.45, 2.75) is 19.9 Å². The molecule has 9 heteroatoms. The molecule has 1 aromatic heterocycles. The molecule has 0 spiro atoms. The third-order valence-corrected chi connectivity index (χ3v) is 4.98. The van der Waals surface area contributed by atoms with Crippen LogP contribution in [-0.2, 0) is 17.8 Å². The van der Waals surface area contributed by atoms with Crippen molar-refractivity contribution in [3.05, 3.63) is 75.3 Å². The van der Waals surface area contributed by atoms with Crippen molar-refractivity contribution in [2.75, 3.05) is 13.2 Å². The van der Waals surface area contributed by atoms with E-state index in [2.05, 4.69) is 15.5 Å². The Kier molecular flexibility index (Phi) is 7.37.